The molecule has 2 fully saturated rings. The van der Waals surface area contributed by atoms with Crippen LogP contribution in [-0.2, 0) is 16.1 Å². The molecule has 10 heteroatoms. The van der Waals surface area contributed by atoms with E-state index in [0.29, 0.717) is 45.7 Å². The number of Topliss-reactive ketones (excluding diaryl/α,β-unsaturated/α-hetero) is 1. The topological polar surface area (TPSA) is 110 Å². The summed E-state index contributed by atoms with van der Waals surface area (Å²) in [5.74, 6) is -0.431. The molecule has 4 atom stereocenters. The average molecular weight is 547 g/mol. The monoisotopic (exact) mass is 546 g/mol. The normalized spacial score (nSPS) is 22.1. The quantitative estimate of drug-likeness (QED) is 0.438. The van der Waals surface area contributed by atoms with Crippen LogP contribution in [0, 0.1) is 19.3 Å². The van der Waals surface area contributed by atoms with Gasteiger partial charge in [-0.15, -0.1) is 0 Å². The highest BCUT2D eigenvalue weighted by atomic mass is 19.1. The molecule has 3 aromatic heterocycles. The molecule has 4 heterocycles. The van der Waals surface area contributed by atoms with E-state index in [1.165, 1.54) is 6.92 Å². The molecule has 1 N–H and O–H groups in total. The SMILES string of the molecule is CC(=O)c1cn(CC(=O)N2[C@H](C(=O)N[C@@H](C)C(F)=C(C)C)C[C@@]3(C)C[C@@H]23)c2c(C)nc(-c3cnc(C)nc3)cc12. The number of amides is 2. The molecule has 1 aliphatic carbocycles. The van der Waals surface area contributed by atoms with E-state index in [1.54, 1.807) is 55.8 Å². The standard InChI is InChI=1S/C30H35FN6O3/c1-15(2)27(31)16(3)35-29(40)24-9-30(7)10-25(30)37(24)26(39)14-36-13-22(18(5)38)21-8-23(34-17(4)28(21)36)20-11-32-19(6)33-12-20/h8,11-13,16,24-25H,9-10,14H2,1-7H3,(H,35,40)/t16-,24-,25+,30-/m0/s1. The first-order valence-corrected chi connectivity index (χ1v) is 13.6. The number of piperidine rings is 1. The number of aromatic nitrogens is 4. The maximum absolute atomic E-state index is 14.4. The number of carbonyl (C=O) groups excluding carboxylic acids is 3. The Hall–Kier alpha value is -3.95. The van der Waals surface area contributed by atoms with Gasteiger partial charge < -0.3 is 14.8 Å². The van der Waals surface area contributed by atoms with E-state index >= 15 is 0 Å². The van der Waals surface area contributed by atoms with Crippen LogP contribution < -0.4 is 5.32 Å². The first kappa shape index (κ1) is 27.6. The Labute approximate surface area is 232 Å². The summed E-state index contributed by atoms with van der Waals surface area (Å²) >= 11 is 0. The number of carbonyl (C=O) groups is 3. The van der Waals surface area contributed by atoms with E-state index in [-0.39, 0.29) is 41.4 Å². The maximum Gasteiger partial charge on any atom is 0.243 e. The lowest BCUT2D eigenvalue weighted by Gasteiger charge is -2.28. The van der Waals surface area contributed by atoms with Crippen LogP contribution in [0.5, 0.6) is 0 Å². The largest absolute Gasteiger partial charge is 0.345 e. The lowest BCUT2D eigenvalue weighted by Crippen LogP contribution is -2.50. The van der Waals surface area contributed by atoms with Gasteiger partial charge in [0.2, 0.25) is 11.8 Å². The zero-order valence-electron chi connectivity index (χ0n) is 24.0. The zero-order chi connectivity index (χ0) is 29.1. The van der Waals surface area contributed by atoms with E-state index in [9.17, 15) is 18.8 Å². The number of fused-ring (bicyclic) bond motifs is 2. The molecule has 0 radical (unpaired) electrons. The van der Waals surface area contributed by atoms with Gasteiger partial charge in [-0.3, -0.25) is 19.4 Å². The number of nitrogens with zero attached hydrogens (tertiary/aromatic N) is 5. The van der Waals surface area contributed by atoms with Crippen molar-refractivity contribution in [2.75, 3.05) is 0 Å². The smallest absolute Gasteiger partial charge is 0.243 e. The fraction of sp³-hybridized carbons (Fsp3) is 0.467. The summed E-state index contributed by atoms with van der Waals surface area (Å²) in [5, 5.41) is 3.45. The fourth-order valence-corrected chi connectivity index (χ4v) is 6.00. The van der Waals surface area contributed by atoms with Gasteiger partial charge in [0.15, 0.2) is 5.78 Å². The van der Waals surface area contributed by atoms with Crippen molar-refractivity contribution >= 4 is 28.5 Å². The van der Waals surface area contributed by atoms with Gasteiger partial charge in [-0.05, 0) is 71.4 Å². The summed E-state index contributed by atoms with van der Waals surface area (Å²) < 4.78 is 16.2. The molecular formula is C30H35FN6O3. The van der Waals surface area contributed by atoms with E-state index in [2.05, 4.69) is 22.2 Å². The minimum absolute atomic E-state index is 0.0409. The fourth-order valence-electron chi connectivity index (χ4n) is 6.00. The molecule has 9 nitrogen and oxygen atoms in total. The van der Waals surface area contributed by atoms with Crippen LogP contribution in [0.1, 0.15) is 69.3 Å². The van der Waals surface area contributed by atoms with Crippen LogP contribution in [-0.4, -0.2) is 60.1 Å². The van der Waals surface area contributed by atoms with Gasteiger partial charge in [0.05, 0.1) is 22.9 Å². The third-order valence-corrected chi connectivity index (χ3v) is 8.23. The van der Waals surface area contributed by atoms with Crippen LogP contribution in [0.25, 0.3) is 22.2 Å². The molecule has 0 spiro atoms. The second kappa shape index (κ2) is 9.91. The average Bonchev–Trinajstić information content (AvgIpc) is 3.24. The number of ketones is 1. The van der Waals surface area contributed by atoms with Crippen molar-refractivity contribution < 1.29 is 18.8 Å². The predicted molar refractivity (Wildman–Crippen MR) is 149 cm³/mol. The summed E-state index contributed by atoms with van der Waals surface area (Å²) in [6.45, 7) is 12.1. The van der Waals surface area contributed by atoms with Crippen molar-refractivity contribution in [3.63, 3.8) is 0 Å². The van der Waals surface area contributed by atoms with E-state index in [4.69, 9.17) is 4.98 Å². The second-order valence-electron chi connectivity index (χ2n) is 11.7. The van der Waals surface area contributed by atoms with Crippen molar-refractivity contribution in [1.29, 1.82) is 0 Å². The van der Waals surface area contributed by atoms with Crippen molar-refractivity contribution in [2.45, 2.75) is 86.0 Å². The van der Waals surface area contributed by atoms with Gasteiger partial charge in [-0.2, -0.15) is 0 Å². The molecule has 0 bridgehead atoms. The summed E-state index contributed by atoms with van der Waals surface area (Å²) in [6, 6.07) is 0.343. The van der Waals surface area contributed by atoms with Gasteiger partial charge in [-0.25, -0.2) is 14.4 Å². The molecule has 2 aliphatic rings. The Morgan fingerprint density at radius 1 is 1.15 bits per heavy atom. The lowest BCUT2D eigenvalue weighted by molar-refractivity contribution is -0.140. The van der Waals surface area contributed by atoms with Crippen LogP contribution in [0.3, 0.4) is 0 Å². The van der Waals surface area contributed by atoms with Gasteiger partial charge in [0, 0.05) is 41.1 Å². The maximum atomic E-state index is 14.4. The Morgan fingerprint density at radius 2 is 1.82 bits per heavy atom. The van der Waals surface area contributed by atoms with Crippen LogP contribution >= 0.6 is 0 Å². The first-order valence-electron chi connectivity index (χ1n) is 13.6. The van der Waals surface area contributed by atoms with E-state index in [0.717, 1.165) is 12.0 Å². The Morgan fingerprint density at radius 3 is 2.45 bits per heavy atom. The van der Waals surface area contributed by atoms with Crippen molar-refractivity contribution in [3.05, 3.63) is 53.1 Å². The summed E-state index contributed by atoms with van der Waals surface area (Å²) in [4.78, 5) is 54.6. The second-order valence-corrected chi connectivity index (χ2v) is 11.7. The molecule has 5 rings (SSSR count). The number of hydrogen-bond acceptors (Lipinski definition) is 6. The van der Waals surface area contributed by atoms with Crippen molar-refractivity contribution in [1.82, 2.24) is 29.7 Å². The van der Waals surface area contributed by atoms with Crippen molar-refractivity contribution in [3.8, 4) is 11.3 Å². The molecule has 1 saturated carbocycles. The summed E-state index contributed by atoms with van der Waals surface area (Å²) in [6.07, 6.45) is 6.44. The lowest BCUT2D eigenvalue weighted by atomic mass is 10.0. The van der Waals surface area contributed by atoms with Crippen molar-refractivity contribution in [2.24, 2.45) is 5.41 Å². The molecule has 40 heavy (non-hydrogen) atoms. The Kier molecular flexibility index (Phi) is 6.84. The summed E-state index contributed by atoms with van der Waals surface area (Å²) in [5.41, 5.74) is 3.58. The molecule has 0 aromatic carbocycles. The highest BCUT2D eigenvalue weighted by Crippen LogP contribution is 2.59. The number of likely N-dealkylation sites (tertiary alicyclic amines) is 1. The van der Waals surface area contributed by atoms with Gasteiger partial charge in [-0.1, -0.05) is 6.92 Å². The molecule has 2 amide bonds. The molecule has 3 aromatic rings. The molecule has 210 valence electrons. The number of nitrogens with one attached hydrogen (secondary N) is 1. The number of allylic oxidation sites excluding steroid dienone is 1. The van der Waals surface area contributed by atoms with E-state index < -0.39 is 12.1 Å². The van der Waals surface area contributed by atoms with Gasteiger partial charge in [0.1, 0.15) is 24.2 Å². The molecular weight excluding hydrogens is 511 g/mol. The number of halogens is 1. The predicted octanol–water partition coefficient (Wildman–Crippen LogP) is 4.46. The van der Waals surface area contributed by atoms with Crippen LogP contribution in [0.4, 0.5) is 4.39 Å². The Balaban J connectivity index is 1.46. The third kappa shape index (κ3) is 4.80. The summed E-state index contributed by atoms with van der Waals surface area (Å²) in [7, 11) is 0. The van der Waals surface area contributed by atoms with Gasteiger partial charge in [0.25, 0.3) is 0 Å². The third-order valence-electron chi connectivity index (χ3n) is 8.23. The highest BCUT2D eigenvalue weighted by molar-refractivity contribution is 6.08. The zero-order valence-corrected chi connectivity index (χ0v) is 24.0. The van der Waals surface area contributed by atoms with Crippen LogP contribution in [0.15, 0.2) is 36.1 Å². The molecule has 1 aliphatic heterocycles. The number of pyridine rings is 1. The molecule has 1 saturated heterocycles. The minimum atomic E-state index is -0.771. The number of aryl methyl sites for hydroxylation is 2. The van der Waals surface area contributed by atoms with Gasteiger partial charge >= 0.3 is 0 Å². The van der Waals surface area contributed by atoms with E-state index in [1.807, 2.05) is 13.0 Å². The Bertz CT molecular complexity index is 1570. The number of hydrogen-bond donors (Lipinski definition) is 1. The highest BCUT2D eigenvalue weighted by Gasteiger charge is 2.64. The molecule has 0 unspecified atom stereocenters. The first-order chi connectivity index (χ1) is 18.8. The number of rotatable bonds is 7. The minimum Gasteiger partial charge on any atom is -0.345 e. The van der Waals surface area contributed by atoms with Crippen LogP contribution in [0.2, 0.25) is 0 Å².